The van der Waals surface area contributed by atoms with Crippen molar-refractivity contribution in [3.8, 4) is 0 Å². The summed E-state index contributed by atoms with van der Waals surface area (Å²) < 4.78 is 0. The Morgan fingerprint density at radius 1 is 1.29 bits per heavy atom. The van der Waals surface area contributed by atoms with Crippen molar-refractivity contribution in [2.24, 2.45) is 11.8 Å². The summed E-state index contributed by atoms with van der Waals surface area (Å²) in [5.41, 5.74) is 1.96. The van der Waals surface area contributed by atoms with E-state index in [0.29, 0.717) is 11.8 Å². The molecule has 17 heavy (non-hydrogen) atoms. The van der Waals surface area contributed by atoms with Gasteiger partial charge in [0.25, 0.3) is 0 Å². The van der Waals surface area contributed by atoms with Gasteiger partial charge in [0.1, 0.15) is 0 Å². The number of nitrogens with zero attached hydrogens (tertiary/aromatic N) is 1. The molecule has 2 nitrogen and oxygen atoms in total. The van der Waals surface area contributed by atoms with Gasteiger partial charge < -0.3 is 10.0 Å². The summed E-state index contributed by atoms with van der Waals surface area (Å²) in [4.78, 5) is 2.34. The lowest BCUT2D eigenvalue weighted by atomic mass is 10.0. The van der Waals surface area contributed by atoms with Crippen LogP contribution in [0.2, 0.25) is 5.02 Å². The molecular weight excluding hydrogens is 234 g/mol. The largest absolute Gasteiger partial charge is 0.389 e. The van der Waals surface area contributed by atoms with Crippen molar-refractivity contribution in [1.82, 2.24) is 0 Å². The smallest absolute Gasteiger partial charge is 0.0762 e. The van der Waals surface area contributed by atoms with Crippen molar-refractivity contribution in [1.29, 1.82) is 0 Å². The van der Waals surface area contributed by atoms with Crippen LogP contribution >= 0.6 is 11.6 Å². The van der Waals surface area contributed by atoms with Crippen LogP contribution in [0.4, 0.5) is 5.69 Å². The van der Waals surface area contributed by atoms with Gasteiger partial charge >= 0.3 is 0 Å². The molecule has 3 heteroatoms. The molecule has 2 rings (SSSR count). The van der Waals surface area contributed by atoms with E-state index in [1.807, 2.05) is 18.2 Å². The lowest BCUT2D eigenvalue weighted by molar-refractivity contribution is 0.199. The molecule has 1 saturated heterocycles. The van der Waals surface area contributed by atoms with Gasteiger partial charge in [-0.1, -0.05) is 31.5 Å². The van der Waals surface area contributed by atoms with Gasteiger partial charge in [0.05, 0.1) is 16.8 Å². The van der Waals surface area contributed by atoms with Crippen LogP contribution < -0.4 is 4.90 Å². The second kappa shape index (κ2) is 4.87. The van der Waals surface area contributed by atoms with E-state index in [2.05, 4.69) is 18.7 Å². The zero-order valence-electron chi connectivity index (χ0n) is 10.7. The Balaban J connectivity index is 2.23. The number of aliphatic hydroxyl groups excluding tert-OH is 1. The number of anilines is 1. The van der Waals surface area contributed by atoms with E-state index in [1.54, 1.807) is 6.92 Å². The summed E-state index contributed by atoms with van der Waals surface area (Å²) in [5, 5.41) is 10.3. The van der Waals surface area contributed by atoms with Crippen molar-refractivity contribution in [2.75, 3.05) is 18.0 Å². The number of rotatable bonds is 2. The average molecular weight is 254 g/mol. The van der Waals surface area contributed by atoms with Gasteiger partial charge in [-0.2, -0.15) is 0 Å². The first-order valence-electron chi connectivity index (χ1n) is 6.21. The summed E-state index contributed by atoms with van der Waals surface area (Å²) >= 11 is 6.30. The fraction of sp³-hybridized carbons (Fsp3) is 0.571. The molecule has 1 aliphatic rings. The highest BCUT2D eigenvalue weighted by molar-refractivity contribution is 6.33. The van der Waals surface area contributed by atoms with Crippen molar-refractivity contribution >= 4 is 17.3 Å². The Hall–Kier alpha value is -0.730. The molecule has 1 heterocycles. The maximum atomic E-state index is 9.52. The Morgan fingerprint density at radius 3 is 2.35 bits per heavy atom. The van der Waals surface area contributed by atoms with Gasteiger partial charge in [-0.15, -0.1) is 0 Å². The van der Waals surface area contributed by atoms with E-state index in [1.165, 1.54) is 0 Å². The van der Waals surface area contributed by atoms with Crippen LogP contribution in [-0.4, -0.2) is 18.2 Å². The zero-order valence-corrected chi connectivity index (χ0v) is 11.4. The predicted octanol–water partition coefficient (Wildman–Crippen LogP) is 3.49. The third kappa shape index (κ3) is 2.58. The van der Waals surface area contributed by atoms with Crippen molar-refractivity contribution in [3.05, 3.63) is 28.8 Å². The lowest BCUT2D eigenvalue weighted by Crippen LogP contribution is -2.19. The normalized spacial score (nSPS) is 26.3. The molecule has 0 amide bonds. The molecular formula is C14H20ClNO. The lowest BCUT2D eigenvalue weighted by Gasteiger charge is -2.20. The fourth-order valence-electron chi connectivity index (χ4n) is 2.37. The molecule has 0 spiro atoms. The molecule has 1 fully saturated rings. The number of halogens is 1. The van der Waals surface area contributed by atoms with E-state index in [0.717, 1.165) is 29.4 Å². The first-order valence-corrected chi connectivity index (χ1v) is 6.59. The molecule has 3 atom stereocenters. The van der Waals surface area contributed by atoms with E-state index in [4.69, 9.17) is 11.6 Å². The van der Waals surface area contributed by atoms with Crippen LogP contribution in [0.5, 0.6) is 0 Å². The predicted molar refractivity (Wildman–Crippen MR) is 72.6 cm³/mol. The van der Waals surface area contributed by atoms with Crippen LogP contribution in [0.15, 0.2) is 18.2 Å². The van der Waals surface area contributed by atoms with E-state index >= 15 is 0 Å². The van der Waals surface area contributed by atoms with Crippen molar-refractivity contribution in [3.63, 3.8) is 0 Å². The summed E-state index contributed by atoms with van der Waals surface area (Å²) in [6, 6.07) is 5.85. The second-order valence-corrected chi connectivity index (χ2v) is 5.65. The second-order valence-electron chi connectivity index (χ2n) is 5.25. The first-order chi connectivity index (χ1) is 7.99. The van der Waals surface area contributed by atoms with Gasteiger partial charge in [0.2, 0.25) is 0 Å². The number of hydrogen-bond acceptors (Lipinski definition) is 2. The average Bonchev–Trinajstić information content (AvgIpc) is 2.58. The number of hydrogen-bond donors (Lipinski definition) is 1. The topological polar surface area (TPSA) is 23.5 Å². The molecule has 2 unspecified atom stereocenters. The van der Waals surface area contributed by atoms with Crippen LogP contribution in [0.25, 0.3) is 0 Å². The van der Waals surface area contributed by atoms with Gasteiger partial charge in [-0.05, 0) is 36.5 Å². The third-order valence-electron chi connectivity index (χ3n) is 3.78. The Bertz CT molecular complexity index is 395. The SMILES string of the molecule is CC1CN(c2ccc([C@@H](C)O)cc2Cl)CC1C. The summed E-state index contributed by atoms with van der Waals surface area (Å²) in [7, 11) is 0. The molecule has 0 bridgehead atoms. The standard InChI is InChI=1S/C14H20ClNO/c1-9-7-16(8-10(9)2)14-5-4-12(11(3)17)6-13(14)15/h4-6,9-11,17H,7-8H2,1-3H3/t9?,10?,11-/m1/s1. The molecule has 0 aromatic heterocycles. The highest BCUT2D eigenvalue weighted by Gasteiger charge is 2.27. The van der Waals surface area contributed by atoms with Gasteiger partial charge in [0.15, 0.2) is 0 Å². The third-order valence-corrected chi connectivity index (χ3v) is 4.09. The monoisotopic (exact) mass is 253 g/mol. The van der Waals surface area contributed by atoms with Gasteiger partial charge in [-0.3, -0.25) is 0 Å². The van der Waals surface area contributed by atoms with E-state index < -0.39 is 6.10 Å². The maximum absolute atomic E-state index is 9.52. The summed E-state index contributed by atoms with van der Waals surface area (Å²) in [6.45, 7) is 8.45. The minimum atomic E-state index is -0.460. The van der Waals surface area contributed by atoms with E-state index in [9.17, 15) is 5.11 Å². The molecule has 0 aliphatic carbocycles. The molecule has 94 valence electrons. The summed E-state index contributed by atoms with van der Waals surface area (Å²) in [6.07, 6.45) is -0.460. The maximum Gasteiger partial charge on any atom is 0.0762 e. The minimum absolute atomic E-state index is 0.460. The van der Waals surface area contributed by atoms with Crippen LogP contribution in [0, 0.1) is 11.8 Å². The molecule has 0 radical (unpaired) electrons. The molecule has 1 aliphatic heterocycles. The van der Waals surface area contributed by atoms with Gasteiger partial charge in [-0.25, -0.2) is 0 Å². The van der Waals surface area contributed by atoms with Crippen LogP contribution in [0.1, 0.15) is 32.4 Å². The first kappa shape index (κ1) is 12.7. The molecule has 1 aromatic carbocycles. The highest BCUT2D eigenvalue weighted by Crippen LogP contribution is 2.34. The number of aliphatic hydroxyl groups is 1. The van der Waals surface area contributed by atoms with Crippen LogP contribution in [0.3, 0.4) is 0 Å². The van der Waals surface area contributed by atoms with E-state index in [-0.39, 0.29) is 0 Å². The zero-order chi connectivity index (χ0) is 12.6. The fourth-order valence-corrected chi connectivity index (χ4v) is 2.67. The van der Waals surface area contributed by atoms with Gasteiger partial charge in [0, 0.05) is 13.1 Å². The molecule has 0 saturated carbocycles. The van der Waals surface area contributed by atoms with Crippen molar-refractivity contribution < 1.29 is 5.11 Å². The Morgan fingerprint density at radius 2 is 1.88 bits per heavy atom. The minimum Gasteiger partial charge on any atom is -0.389 e. The molecule has 1 N–H and O–H groups in total. The Labute approximate surface area is 108 Å². The van der Waals surface area contributed by atoms with Crippen molar-refractivity contribution in [2.45, 2.75) is 26.9 Å². The Kier molecular flexibility index (Phi) is 3.64. The van der Waals surface area contributed by atoms with Crippen LogP contribution in [-0.2, 0) is 0 Å². The molecule has 1 aromatic rings. The summed E-state index contributed by atoms with van der Waals surface area (Å²) in [5.74, 6) is 1.42. The number of benzene rings is 1. The quantitative estimate of drug-likeness (QED) is 0.872. The highest BCUT2D eigenvalue weighted by atomic mass is 35.5.